The number of benzene rings is 2. The highest BCUT2D eigenvalue weighted by Crippen LogP contribution is 2.37. The second-order valence-electron chi connectivity index (χ2n) is 7.93. The Bertz CT molecular complexity index is 1100. The Labute approximate surface area is 177 Å². The van der Waals surface area contributed by atoms with Gasteiger partial charge in [-0.15, -0.1) is 11.3 Å². The number of amides is 3. The maximum absolute atomic E-state index is 13.3. The molecule has 154 valence electrons. The third-order valence-corrected chi connectivity index (χ3v) is 7.12. The minimum Gasteiger partial charge on any atom is -0.319 e. The van der Waals surface area contributed by atoms with Crippen LogP contribution in [0.2, 0.25) is 0 Å². The van der Waals surface area contributed by atoms with Crippen LogP contribution in [0.25, 0.3) is 10.2 Å². The number of hydrogen-bond donors (Lipinski definition) is 1. The van der Waals surface area contributed by atoms with Crippen molar-refractivity contribution in [3.63, 3.8) is 0 Å². The number of rotatable bonds is 4. The van der Waals surface area contributed by atoms with E-state index < -0.39 is 11.6 Å². The monoisotopic (exact) mass is 424 g/mol. The molecular formula is C22H21FN4O2S. The summed E-state index contributed by atoms with van der Waals surface area (Å²) in [7, 11) is 0. The zero-order chi connectivity index (χ0) is 20.9. The lowest BCUT2D eigenvalue weighted by Crippen LogP contribution is -2.43. The number of para-hydroxylation sites is 1. The first-order valence-corrected chi connectivity index (χ1v) is 10.8. The molecule has 3 aromatic rings. The highest BCUT2D eigenvalue weighted by molar-refractivity contribution is 7.18. The second-order valence-corrected chi connectivity index (χ2v) is 8.99. The standard InChI is InChI=1S/C22H21FN4O2S/c1-22(14-8-10-15(23)11-9-14)20(28)27(21(29)25-22)13-26-12-4-6-17(26)19-24-16-5-2-3-7-18(16)30-19/h2-3,5,7-11,17H,4,6,12-13H2,1H3,(H,25,29)/t17-,22-/m1/s1. The minimum absolute atomic E-state index is 0.0840. The molecule has 30 heavy (non-hydrogen) atoms. The van der Waals surface area contributed by atoms with Gasteiger partial charge in [-0.05, 0) is 49.6 Å². The third-order valence-electron chi connectivity index (χ3n) is 5.98. The number of imide groups is 1. The molecule has 0 radical (unpaired) electrons. The molecule has 2 saturated heterocycles. The molecule has 0 saturated carbocycles. The van der Waals surface area contributed by atoms with E-state index in [1.54, 1.807) is 18.3 Å². The number of urea groups is 1. The third kappa shape index (κ3) is 3.07. The average Bonchev–Trinajstić information content (AvgIpc) is 3.42. The highest BCUT2D eigenvalue weighted by atomic mass is 32.1. The molecular weight excluding hydrogens is 403 g/mol. The number of halogens is 1. The maximum atomic E-state index is 13.3. The molecule has 2 atom stereocenters. The van der Waals surface area contributed by atoms with Gasteiger partial charge in [-0.25, -0.2) is 19.1 Å². The molecule has 0 bridgehead atoms. The van der Waals surface area contributed by atoms with E-state index in [2.05, 4.69) is 16.3 Å². The summed E-state index contributed by atoms with van der Waals surface area (Å²) >= 11 is 1.66. The molecule has 2 aliphatic heterocycles. The summed E-state index contributed by atoms with van der Waals surface area (Å²) in [6, 6.07) is 13.4. The lowest BCUT2D eigenvalue weighted by Gasteiger charge is -2.27. The number of thiazole rings is 1. The Morgan fingerprint density at radius 1 is 1.20 bits per heavy atom. The number of aromatic nitrogens is 1. The molecule has 8 heteroatoms. The summed E-state index contributed by atoms with van der Waals surface area (Å²) in [6.07, 6.45) is 1.93. The molecule has 3 amide bonds. The Morgan fingerprint density at radius 2 is 1.97 bits per heavy atom. The lowest BCUT2D eigenvalue weighted by molar-refractivity contribution is -0.132. The molecule has 1 aromatic heterocycles. The van der Waals surface area contributed by atoms with Crippen LogP contribution in [0.4, 0.5) is 9.18 Å². The number of fused-ring (bicyclic) bond motifs is 1. The van der Waals surface area contributed by atoms with Crippen LogP contribution < -0.4 is 5.32 Å². The van der Waals surface area contributed by atoms with Crippen LogP contribution in [0.3, 0.4) is 0 Å². The summed E-state index contributed by atoms with van der Waals surface area (Å²) in [4.78, 5) is 34.1. The smallest absolute Gasteiger partial charge is 0.319 e. The molecule has 6 nitrogen and oxygen atoms in total. The van der Waals surface area contributed by atoms with Crippen molar-refractivity contribution in [2.45, 2.75) is 31.3 Å². The normalized spacial score (nSPS) is 24.7. The fourth-order valence-corrected chi connectivity index (χ4v) is 5.43. The van der Waals surface area contributed by atoms with Gasteiger partial charge in [0.2, 0.25) is 0 Å². The Balaban J connectivity index is 1.38. The van der Waals surface area contributed by atoms with E-state index in [4.69, 9.17) is 4.98 Å². The van der Waals surface area contributed by atoms with Crippen LogP contribution >= 0.6 is 11.3 Å². The Hall–Kier alpha value is -2.84. The summed E-state index contributed by atoms with van der Waals surface area (Å²) in [6.45, 7) is 2.67. The number of carbonyl (C=O) groups excluding carboxylic acids is 2. The number of likely N-dealkylation sites (tertiary alicyclic amines) is 1. The van der Waals surface area contributed by atoms with Crippen molar-refractivity contribution in [3.05, 3.63) is 64.9 Å². The van der Waals surface area contributed by atoms with E-state index in [1.165, 1.54) is 29.2 Å². The molecule has 2 aromatic carbocycles. The first-order valence-electron chi connectivity index (χ1n) is 9.95. The predicted octanol–water partition coefficient (Wildman–Crippen LogP) is 4.00. The fraction of sp³-hybridized carbons (Fsp3) is 0.318. The van der Waals surface area contributed by atoms with Crippen LogP contribution in [0.1, 0.15) is 36.4 Å². The van der Waals surface area contributed by atoms with Crippen LogP contribution in [0.5, 0.6) is 0 Å². The maximum Gasteiger partial charge on any atom is 0.326 e. The number of nitrogens with zero attached hydrogens (tertiary/aromatic N) is 3. The SMILES string of the molecule is C[C@]1(c2ccc(F)cc2)NC(=O)N(CN2CCC[C@@H]2c2nc3ccccc3s2)C1=O. The molecule has 0 spiro atoms. The topological polar surface area (TPSA) is 65.5 Å². The molecule has 0 unspecified atom stereocenters. The molecule has 3 heterocycles. The zero-order valence-electron chi connectivity index (χ0n) is 16.5. The zero-order valence-corrected chi connectivity index (χ0v) is 17.3. The van der Waals surface area contributed by atoms with Crippen molar-refractivity contribution in [1.29, 1.82) is 0 Å². The molecule has 2 aliphatic rings. The van der Waals surface area contributed by atoms with E-state index in [-0.39, 0.29) is 24.4 Å². The molecule has 2 fully saturated rings. The molecule has 5 rings (SSSR count). The van der Waals surface area contributed by atoms with Crippen LogP contribution in [-0.4, -0.2) is 39.9 Å². The second kappa shape index (κ2) is 7.14. The molecule has 1 N–H and O–H groups in total. The minimum atomic E-state index is -1.20. The van der Waals surface area contributed by atoms with Crippen molar-refractivity contribution in [1.82, 2.24) is 20.1 Å². The average molecular weight is 425 g/mol. The van der Waals surface area contributed by atoms with Gasteiger partial charge in [0.05, 0.1) is 22.9 Å². The van der Waals surface area contributed by atoms with Crippen LogP contribution in [0.15, 0.2) is 48.5 Å². The van der Waals surface area contributed by atoms with Gasteiger partial charge in [0.1, 0.15) is 16.4 Å². The Kier molecular flexibility index (Phi) is 4.56. The number of nitrogens with one attached hydrogen (secondary N) is 1. The fourth-order valence-electron chi connectivity index (χ4n) is 4.29. The summed E-state index contributed by atoms with van der Waals surface area (Å²) < 4.78 is 14.4. The first kappa shape index (κ1) is 19.1. The van der Waals surface area contributed by atoms with E-state index in [1.807, 2.05) is 18.2 Å². The summed E-state index contributed by atoms with van der Waals surface area (Å²) in [5.41, 5.74) is 0.340. The quantitative estimate of drug-likeness (QED) is 0.643. The number of hydrogen-bond acceptors (Lipinski definition) is 5. The van der Waals surface area contributed by atoms with Crippen LogP contribution in [-0.2, 0) is 10.3 Å². The highest BCUT2D eigenvalue weighted by Gasteiger charge is 2.50. The van der Waals surface area contributed by atoms with Gasteiger partial charge >= 0.3 is 6.03 Å². The van der Waals surface area contributed by atoms with E-state index in [0.717, 1.165) is 34.6 Å². The van der Waals surface area contributed by atoms with Crippen molar-refractivity contribution >= 4 is 33.5 Å². The van der Waals surface area contributed by atoms with Gasteiger partial charge in [0, 0.05) is 6.54 Å². The van der Waals surface area contributed by atoms with Gasteiger partial charge in [-0.2, -0.15) is 0 Å². The van der Waals surface area contributed by atoms with Crippen LogP contribution in [0, 0.1) is 5.82 Å². The Morgan fingerprint density at radius 3 is 2.73 bits per heavy atom. The van der Waals surface area contributed by atoms with E-state index in [0.29, 0.717) is 5.56 Å². The van der Waals surface area contributed by atoms with Crippen molar-refractivity contribution < 1.29 is 14.0 Å². The van der Waals surface area contributed by atoms with Crippen molar-refractivity contribution in [3.8, 4) is 0 Å². The largest absolute Gasteiger partial charge is 0.326 e. The summed E-state index contributed by atoms with van der Waals surface area (Å²) in [5, 5.41) is 3.81. The van der Waals surface area contributed by atoms with Gasteiger partial charge in [0.25, 0.3) is 5.91 Å². The van der Waals surface area contributed by atoms with E-state index in [9.17, 15) is 14.0 Å². The lowest BCUT2D eigenvalue weighted by atomic mass is 9.92. The summed E-state index contributed by atoms with van der Waals surface area (Å²) in [5.74, 6) is -0.708. The van der Waals surface area contributed by atoms with Gasteiger partial charge in [-0.1, -0.05) is 24.3 Å². The predicted molar refractivity (Wildman–Crippen MR) is 112 cm³/mol. The van der Waals surface area contributed by atoms with Crippen molar-refractivity contribution in [2.75, 3.05) is 13.2 Å². The van der Waals surface area contributed by atoms with Gasteiger partial charge in [0.15, 0.2) is 0 Å². The molecule has 0 aliphatic carbocycles. The number of carbonyl (C=O) groups is 2. The van der Waals surface area contributed by atoms with Gasteiger partial charge < -0.3 is 5.32 Å². The van der Waals surface area contributed by atoms with Crippen molar-refractivity contribution in [2.24, 2.45) is 0 Å². The van der Waals surface area contributed by atoms with Gasteiger partial charge in [-0.3, -0.25) is 9.69 Å². The first-order chi connectivity index (χ1) is 14.5. The van der Waals surface area contributed by atoms with E-state index >= 15 is 0 Å².